The lowest BCUT2D eigenvalue weighted by molar-refractivity contribution is 0.316. The van der Waals surface area contributed by atoms with E-state index in [1.165, 1.54) is 12.5 Å². The molecule has 1 atom stereocenters. The second kappa shape index (κ2) is 12.0. The van der Waals surface area contributed by atoms with Crippen LogP contribution in [0.4, 0.5) is 10.2 Å². The van der Waals surface area contributed by atoms with Gasteiger partial charge >= 0.3 is 0 Å². The molecule has 1 saturated heterocycles. The van der Waals surface area contributed by atoms with Crippen molar-refractivity contribution in [2.75, 3.05) is 43.4 Å². The first-order valence-electron chi connectivity index (χ1n) is 10.3. The highest BCUT2D eigenvalue weighted by atomic mass is 127. The van der Waals surface area contributed by atoms with E-state index in [1.54, 1.807) is 12.3 Å². The number of guanidine groups is 1. The number of halogens is 2. The quantitative estimate of drug-likeness (QED) is 0.244. The van der Waals surface area contributed by atoms with Gasteiger partial charge in [0.2, 0.25) is 10.0 Å². The predicted molar refractivity (Wildman–Crippen MR) is 128 cm³/mol. The lowest BCUT2D eigenvalue weighted by Crippen LogP contribution is -2.45. The summed E-state index contributed by atoms with van der Waals surface area (Å²) in [5.41, 5.74) is 0. The first-order chi connectivity index (χ1) is 14.0. The molecule has 1 aliphatic carbocycles. The lowest BCUT2D eigenvalue weighted by Gasteiger charge is -2.25. The Balaban J connectivity index is 0.00000320. The van der Waals surface area contributed by atoms with E-state index >= 15 is 0 Å². The SMILES string of the molecule is CCNC(=NCCS(=O)(=O)NCC1CCC1)NC1CCN(c2ncccc2F)C1.I. The van der Waals surface area contributed by atoms with Crippen molar-refractivity contribution in [3.8, 4) is 0 Å². The van der Waals surface area contributed by atoms with E-state index in [2.05, 4.69) is 25.3 Å². The molecule has 8 nitrogen and oxygen atoms in total. The molecule has 2 fully saturated rings. The van der Waals surface area contributed by atoms with Gasteiger partial charge in [-0.25, -0.2) is 22.5 Å². The summed E-state index contributed by atoms with van der Waals surface area (Å²) < 4.78 is 40.9. The largest absolute Gasteiger partial charge is 0.357 e. The van der Waals surface area contributed by atoms with Gasteiger partial charge in [0.05, 0.1) is 12.3 Å². The Morgan fingerprint density at radius 2 is 2.17 bits per heavy atom. The zero-order chi connectivity index (χ0) is 20.7. The topological polar surface area (TPSA) is 98.7 Å². The highest BCUT2D eigenvalue weighted by molar-refractivity contribution is 14.0. The predicted octanol–water partition coefficient (Wildman–Crippen LogP) is 1.69. The summed E-state index contributed by atoms with van der Waals surface area (Å²) in [6.45, 7) is 4.65. The van der Waals surface area contributed by atoms with Crippen molar-refractivity contribution in [2.45, 2.75) is 38.6 Å². The number of hydrogen-bond acceptors (Lipinski definition) is 5. The second-order valence-corrected chi connectivity index (χ2v) is 9.54. The molecule has 11 heteroatoms. The van der Waals surface area contributed by atoms with Gasteiger partial charge in [0.25, 0.3) is 0 Å². The lowest BCUT2D eigenvalue weighted by atomic mass is 9.86. The molecule has 1 aromatic heterocycles. The van der Waals surface area contributed by atoms with Crippen LogP contribution in [0.15, 0.2) is 23.3 Å². The van der Waals surface area contributed by atoms with Crippen molar-refractivity contribution in [3.63, 3.8) is 0 Å². The summed E-state index contributed by atoms with van der Waals surface area (Å²) in [6.07, 6.45) is 5.82. The van der Waals surface area contributed by atoms with Crippen LogP contribution < -0.4 is 20.3 Å². The van der Waals surface area contributed by atoms with Gasteiger partial charge < -0.3 is 15.5 Å². The van der Waals surface area contributed by atoms with Crippen molar-refractivity contribution >= 4 is 45.8 Å². The number of aliphatic imine (C=N–C) groups is 1. The molecule has 1 aliphatic heterocycles. The summed E-state index contributed by atoms with van der Waals surface area (Å²) in [5, 5.41) is 6.47. The molecule has 1 saturated carbocycles. The molecule has 0 bridgehead atoms. The Morgan fingerprint density at radius 1 is 1.37 bits per heavy atom. The Labute approximate surface area is 195 Å². The Bertz CT molecular complexity index is 806. The normalized spacial score (nSPS) is 19.9. The van der Waals surface area contributed by atoms with Crippen LogP contribution in [-0.4, -0.2) is 63.9 Å². The van der Waals surface area contributed by atoms with Gasteiger partial charge in [-0.15, -0.1) is 24.0 Å². The van der Waals surface area contributed by atoms with Crippen molar-refractivity contribution < 1.29 is 12.8 Å². The summed E-state index contributed by atoms with van der Waals surface area (Å²) in [7, 11) is -3.31. The zero-order valence-corrected chi connectivity index (χ0v) is 20.5. The Morgan fingerprint density at radius 3 is 2.83 bits per heavy atom. The maximum atomic E-state index is 13.9. The van der Waals surface area contributed by atoms with E-state index in [1.807, 2.05) is 11.8 Å². The summed E-state index contributed by atoms with van der Waals surface area (Å²) in [6, 6.07) is 3.08. The molecule has 2 heterocycles. The minimum absolute atomic E-state index is 0. The monoisotopic (exact) mass is 554 g/mol. The van der Waals surface area contributed by atoms with Crippen molar-refractivity contribution in [1.82, 2.24) is 20.3 Å². The van der Waals surface area contributed by atoms with E-state index in [-0.39, 0.29) is 48.1 Å². The Kier molecular flexibility index (Phi) is 10.0. The van der Waals surface area contributed by atoms with Gasteiger partial charge in [0, 0.05) is 38.4 Å². The van der Waals surface area contributed by atoms with Crippen molar-refractivity contribution in [2.24, 2.45) is 10.9 Å². The summed E-state index contributed by atoms with van der Waals surface area (Å²) >= 11 is 0. The molecule has 0 amide bonds. The molecule has 3 rings (SSSR count). The van der Waals surface area contributed by atoms with Crippen LogP contribution in [0.2, 0.25) is 0 Å². The first-order valence-corrected chi connectivity index (χ1v) is 12.0. The molecule has 170 valence electrons. The first kappa shape index (κ1) is 25.1. The fourth-order valence-corrected chi connectivity index (χ4v) is 4.45. The van der Waals surface area contributed by atoms with Crippen molar-refractivity contribution in [3.05, 3.63) is 24.1 Å². The number of nitrogens with zero attached hydrogens (tertiary/aromatic N) is 3. The molecule has 1 aromatic rings. The van der Waals surface area contributed by atoms with Gasteiger partial charge in [0.15, 0.2) is 17.6 Å². The number of hydrogen-bond donors (Lipinski definition) is 3. The third-order valence-electron chi connectivity index (χ3n) is 5.36. The van der Waals surface area contributed by atoms with Crippen LogP contribution in [-0.2, 0) is 10.0 Å². The van der Waals surface area contributed by atoms with Crippen LogP contribution in [0.5, 0.6) is 0 Å². The third kappa shape index (κ3) is 7.49. The number of sulfonamides is 1. The number of nitrogens with one attached hydrogen (secondary N) is 3. The smallest absolute Gasteiger partial charge is 0.213 e. The van der Waals surface area contributed by atoms with Gasteiger partial charge in [-0.3, -0.25) is 4.99 Å². The molecule has 3 N–H and O–H groups in total. The van der Waals surface area contributed by atoms with E-state index in [0.717, 1.165) is 19.3 Å². The summed E-state index contributed by atoms with van der Waals surface area (Å²) in [4.78, 5) is 10.4. The molecular formula is C19H32FIN6O2S. The van der Waals surface area contributed by atoms with E-state index in [9.17, 15) is 12.8 Å². The van der Waals surface area contributed by atoms with Crippen LogP contribution >= 0.6 is 24.0 Å². The molecule has 0 radical (unpaired) electrons. The van der Waals surface area contributed by atoms with Gasteiger partial charge in [0.1, 0.15) is 0 Å². The molecule has 0 spiro atoms. The summed E-state index contributed by atoms with van der Waals surface area (Å²) in [5.74, 6) is 1.07. The number of aromatic nitrogens is 1. The molecule has 0 aromatic carbocycles. The molecule has 30 heavy (non-hydrogen) atoms. The van der Waals surface area contributed by atoms with Crippen LogP contribution in [0, 0.1) is 11.7 Å². The average Bonchev–Trinajstić information content (AvgIpc) is 3.09. The second-order valence-electron chi connectivity index (χ2n) is 7.61. The van der Waals surface area contributed by atoms with Crippen LogP contribution in [0.3, 0.4) is 0 Å². The van der Waals surface area contributed by atoms with Gasteiger partial charge in [-0.1, -0.05) is 6.42 Å². The number of rotatable bonds is 9. The minimum atomic E-state index is -3.31. The molecule has 2 aliphatic rings. The zero-order valence-electron chi connectivity index (χ0n) is 17.3. The highest BCUT2D eigenvalue weighted by Crippen LogP contribution is 2.25. The molecular weight excluding hydrogens is 522 g/mol. The standard InChI is InChI=1S/C19H31FN6O2S.HI/c1-2-21-19(23-10-12-29(27,28)24-13-15-5-3-6-15)25-16-8-11-26(14-16)18-17(20)7-4-9-22-18;/h4,7,9,15-16,24H,2-3,5-6,8,10-14H2,1H3,(H2,21,23,25);1H. The van der Waals surface area contributed by atoms with Crippen LogP contribution in [0.25, 0.3) is 0 Å². The maximum Gasteiger partial charge on any atom is 0.213 e. The van der Waals surface area contributed by atoms with Gasteiger partial charge in [-0.05, 0) is 44.2 Å². The average molecular weight is 554 g/mol. The highest BCUT2D eigenvalue weighted by Gasteiger charge is 2.26. The fourth-order valence-electron chi connectivity index (χ4n) is 3.49. The number of pyridine rings is 1. The van der Waals surface area contributed by atoms with Crippen LogP contribution in [0.1, 0.15) is 32.6 Å². The minimum Gasteiger partial charge on any atom is -0.357 e. The third-order valence-corrected chi connectivity index (χ3v) is 6.69. The number of anilines is 1. The van der Waals surface area contributed by atoms with E-state index in [4.69, 9.17) is 0 Å². The maximum absolute atomic E-state index is 13.9. The molecule has 1 unspecified atom stereocenters. The van der Waals surface area contributed by atoms with Crippen molar-refractivity contribution in [1.29, 1.82) is 0 Å². The van der Waals surface area contributed by atoms with E-state index in [0.29, 0.717) is 43.9 Å². The van der Waals surface area contributed by atoms with E-state index < -0.39 is 10.0 Å². The Hall–Kier alpha value is -1.21. The van der Waals surface area contributed by atoms with Gasteiger partial charge in [-0.2, -0.15) is 0 Å². The fraction of sp³-hybridized carbons (Fsp3) is 0.684.